The Labute approximate surface area is 200 Å². The summed E-state index contributed by atoms with van der Waals surface area (Å²) in [6.07, 6.45) is 3.21. The molecule has 1 amide bonds. The average Bonchev–Trinajstić information content (AvgIpc) is 3.28. The number of ether oxygens (including phenoxy) is 1. The highest BCUT2D eigenvalue weighted by molar-refractivity contribution is 7.15. The van der Waals surface area contributed by atoms with Gasteiger partial charge in [-0.3, -0.25) is 14.5 Å². The number of pyridine rings is 1. The van der Waals surface area contributed by atoms with Crippen LogP contribution < -0.4 is 4.90 Å². The van der Waals surface area contributed by atoms with Crippen LogP contribution in [0.25, 0.3) is 0 Å². The van der Waals surface area contributed by atoms with Gasteiger partial charge in [-0.1, -0.05) is 78.3 Å². The minimum Gasteiger partial charge on any atom is -0.460 e. The molecule has 6 nitrogen and oxygen atoms in total. The number of esters is 1. The molecule has 0 aliphatic rings. The van der Waals surface area contributed by atoms with Gasteiger partial charge in [-0.2, -0.15) is 0 Å². The fourth-order valence-electron chi connectivity index (χ4n) is 3.29. The second kappa shape index (κ2) is 10.8. The van der Waals surface area contributed by atoms with Crippen LogP contribution in [0.5, 0.6) is 0 Å². The number of halogens is 1. The molecule has 2 heterocycles. The molecule has 2 aromatic carbocycles. The SMILES string of the molecule is O=C(OCc1ccccc1)C(C(=O)N(Cc1cnc(Cl)s1)c1ccccn1)c1ccccc1. The number of rotatable bonds is 8. The molecule has 0 bridgehead atoms. The quantitative estimate of drug-likeness (QED) is 0.256. The minimum atomic E-state index is -1.15. The second-order valence-corrected chi connectivity index (χ2v) is 8.83. The molecular formula is C25H20ClN3O3S. The van der Waals surface area contributed by atoms with E-state index in [1.165, 1.54) is 16.2 Å². The smallest absolute Gasteiger partial charge is 0.323 e. The molecule has 4 aromatic rings. The number of amides is 1. The number of benzene rings is 2. The monoisotopic (exact) mass is 477 g/mol. The van der Waals surface area contributed by atoms with Gasteiger partial charge >= 0.3 is 5.97 Å². The average molecular weight is 478 g/mol. The lowest BCUT2D eigenvalue weighted by atomic mass is 9.97. The molecule has 0 fully saturated rings. The van der Waals surface area contributed by atoms with Crippen LogP contribution in [-0.2, 0) is 27.5 Å². The lowest BCUT2D eigenvalue weighted by molar-refractivity contribution is -0.149. The number of thiazole rings is 1. The van der Waals surface area contributed by atoms with Crippen molar-refractivity contribution in [1.29, 1.82) is 0 Å². The summed E-state index contributed by atoms with van der Waals surface area (Å²) in [6.45, 7) is 0.250. The maximum atomic E-state index is 13.8. The minimum absolute atomic E-state index is 0.0737. The molecule has 4 rings (SSSR count). The highest BCUT2D eigenvalue weighted by atomic mass is 35.5. The number of anilines is 1. The zero-order valence-corrected chi connectivity index (χ0v) is 19.1. The van der Waals surface area contributed by atoms with Gasteiger partial charge in [0.1, 0.15) is 12.4 Å². The first kappa shape index (κ1) is 22.6. The van der Waals surface area contributed by atoms with Crippen molar-refractivity contribution in [1.82, 2.24) is 9.97 Å². The summed E-state index contributed by atoms with van der Waals surface area (Å²) in [5, 5.41) is 0. The second-order valence-electron chi connectivity index (χ2n) is 7.13. The predicted molar refractivity (Wildman–Crippen MR) is 128 cm³/mol. The number of nitrogens with zero attached hydrogens (tertiary/aromatic N) is 3. The Balaban J connectivity index is 1.65. The van der Waals surface area contributed by atoms with Gasteiger partial charge in [-0.15, -0.1) is 11.3 Å². The van der Waals surface area contributed by atoms with Gasteiger partial charge in [-0.25, -0.2) is 9.97 Å². The van der Waals surface area contributed by atoms with Crippen molar-refractivity contribution < 1.29 is 14.3 Å². The van der Waals surface area contributed by atoms with E-state index in [9.17, 15) is 9.59 Å². The molecule has 8 heteroatoms. The molecule has 0 saturated carbocycles. The van der Waals surface area contributed by atoms with E-state index in [4.69, 9.17) is 16.3 Å². The van der Waals surface area contributed by atoms with E-state index in [1.807, 2.05) is 36.4 Å². The summed E-state index contributed by atoms with van der Waals surface area (Å²) >= 11 is 7.26. The van der Waals surface area contributed by atoms with Gasteiger partial charge in [0.15, 0.2) is 10.4 Å². The van der Waals surface area contributed by atoms with Crippen LogP contribution in [0.4, 0.5) is 5.82 Å². The molecule has 166 valence electrons. The summed E-state index contributed by atoms with van der Waals surface area (Å²) in [4.78, 5) is 37.7. The first-order valence-electron chi connectivity index (χ1n) is 10.2. The highest BCUT2D eigenvalue weighted by Gasteiger charge is 2.35. The van der Waals surface area contributed by atoms with Crippen molar-refractivity contribution in [2.45, 2.75) is 19.1 Å². The normalized spacial score (nSPS) is 11.5. The van der Waals surface area contributed by atoms with E-state index in [0.29, 0.717) is 15.8 Å². The van der Waals surface area contributed by atoms with Crippen LogP contribution in [0, 0.1) is 0 Å². The van der Waals surface area contributed by atoms with Crippen LogP contribution in [0.15, 0.2) is 91.3 Å². The number of carbonyl (C=O) groups is 2. The molecule has 0 saturated heterocycles. The fraction of sp³-hybridized carbons (Fsp3) is 0.120. The van der Waals surface area contributed by atoms with E-state index in [0.717, 1.165) is 10.4 Å². The van der Waals surface area contributed by atoms with Crippen molar-refractivity contribution >= 4 is 40.6 Å². The van der Waals surface area contributed by atoms with Crippen LogP contribution in [0.2, 0.25) is 4.47 Å². The maximum absolute atomic E-state index is 13.8. The molecule has 1 atom stereocenters. The van der Waals surface area contributed by atoms with Gasteiger partial charge < -0.3 is 4.74 Å². The van der Waals surface area contributed by atoms with Crippen LogP contribution in [0.1, 0.15) is 21.9 Å². The summed E-state index contributed by atoms with van der Waals surface area (Å²) in [5.41, 5.74) is 1.38. The lowest BCUT2D eigenvalue weighted by Crippen LogP contribution is -2.39. The third-order valence-corrected chi connectivity index (χ3v) is 5.97. The van der Waals surface area contributed by atoms with Crippen LogP contribution in [-0.4, -0.2) is 21.8 Å². The third kappa shape index (κ3) is 5.83. The summed E-state index contributed by atoms with van der Waals surface area (Å²) in [5.74, 6) is -1.80. The third-order valence-electron chi connectivity index (χ3n) is 4.87. The van der Waals surface area contributed by atoms with Gasteiger partial charge in [0.2, 0.25) is 5.91 Å². The summed E-state index contributed by atoms with van der Waals surface area (Å²) in [7, 11) is 0. The summed E-state index contributed by atoms with van der Waals surface area (Å²) < 4.78 is 5.94. The van der Waals surface area contributed by atoms with E-state index in [1.54, 1.807) is 54.9 Å². The zero-order valence-electron chi connectivity index (χ0n) is 17.5. The van der Waals surface area contributed by atoms with Crippen LogP contribution in [0.3, 0.4) is 0 Å². The van der Waals surface area contributed by atoms with Gasteiger partial charge in [-0.05, 0) is 23.3 Å². The van der Waals surface area contributed by atoms with Crippen molar-refractivity contribution in [3.63, 3.8) is 0 Å². The highest BCUT2D eigenvalue weighted by Crippen LogP contribution is 2.27. The molecule has 0 aliphatic heterocycles. The molecule has 0 aliphatic carbocycles. The number of hydrogen-bond donors (Lipinski definition) is 0. The standard InChI is InChI=1S/C25H20ClN3O3S/c26-25-28-15-20(33-25)16-29(21-13-7-8-14-27-21)23(30)22(19-11-5-2-6-12-19)24(31)32-17-18-9-3-1-4-10-18/h1-15,22H,16-17H2. The Morgan fingerprint density at radius 3 is 2.27 bits per heavy atom. The van der Waals surface area contributed by atoms with Gasteiger partial charge in [0.05, 0.1) is 6.54 Å². The van der Waals surface area contributed by atoms with Crippen molar-refractivity contribution in [2.75, 3.05) is 4.90 Å². The van der Waals surface area contributed by atoms with E-state index in [2.05, 4.69) is 9.97 Å². The molecule has 2 aromatic heterocycles. The Kier molecular flexibility index (Phi) is 7.44. The topological polar surface area (TPSA) is 72.4 Å². The summed E-state index contributed by atoms with van der Waals surface area (Å²) in [6, 6.07) is 23.5. The first-order valence-corrected chi connectivity index (χ1v) is 11.4. The molecule has 0 radical (unpaired) electrons. The number of aromatic nitrogens is 2. The molecular weight excluding hydrogens is 458 g/mol. The van der Waals surface area contributed by atoms with Gasteiger partial charge in [0, 0.05) is 17.3 Å². The lowest BCUT2D eigenvalue weighted by Gasteiger charge is -2.25. The Morgan fingerprint density at radius 2 is 1.64 bits per heavy atom. The number of carbonyl (C=O) groups excluding carboxylic acids is 2. The fourth-order valence-corrected chi connectivity index (χ4v) is 4.26. The Bertz CT molecular complexity index is 1200. The predicted octanol–water partition coefficient (Wildman–Crippen LogP) is 5.25. The Morgan fingerprint density at radius 1 is 0.939 bits per heavy atom. The molecule has 33 heavy (non-hydrogen) atoms. The maximum Gasteiger partial charge on any atom is 0.323 e. The zero-order chi connectivity index (χ0) is 23.0. The van der Waals surface area contributed by atoms with Gasteiger partial charge in [0.25, 0.3) is 0 Å². The van der Waals surface area contributed by atoms with Crippen molar-refractivity contribution in [3.8, 4) is 0 Å². The molecule has 0 N–H and O–H groups in total. The number of hydrogen-bond acceptors (Lipinski definition) is 6. The van der Waals surface area contributed by atoms with Crippen LogP contribution >= 0.6 is 22.9 Å². The van der Waals surface area contributed by atoms with Crippen molar-refractivity contribution in [3.05, 3.63) is 112 Å². The van der Waals surface area contributed by atoms with E-state index in [-0.39, 0.29) is 13.2 Å². The van der Waals surface area contributed by atoms with E-state index >= 15 is 0 Å². The van der Waals surface area contributed by atoms with E-state index < -0.39 is 17.8 Å². The largest absolute Gasteiger partial charge is 0.460 e. The van der Waals surface area contributed by atoms with Crippen molar-refractivity contribution in [2.24, 2.45) is 0 Å². The molecule has 1 unspecified atom stereocenters. The first-order chi connectivity index (χ1) is 16.1. The molecule has 0 spiro atoms. The Hall–Kier alpha value is -3.55.